The third-order valence-electron chi connectivity index (χ3n) is 4.10. The van der Waals surface area contributed by atoms with Crippen LogP contribution in [0.2, 0.25) is 0 Å². The molecule has 0 saturated carbocycles. The van der Waals surface area contributed by atoms with E-state index in [2.05, 4.69) is 5.10 Å². The lowest BCUT2D eigenvalue weighted by Crippen LogP contribution is -2.45. The number of fused-ring (bicyclic) bond motifs is 3. The van der Waals surface area contributed by atoms with Crippen molar-refractivity contribution in [1.29, 1.82) is 0 Å². The number of imide groups is 1. The number of aliphatic hydroxyl groups excluding tert-OH is 1. The highest BCUT2D eigenvalue weighted by molar-refractivity contribution is 6.05. The Balaban J connectivity index is 1.92. The third-order valence-corrected chi connectivity index (χ3v) is 4.10. The van der Waals surface area contributed by atoms with Crippen molar-refractivity contribution in [2.75, 3.05) is 20.1 Å². The van der Waals surface area contributed by atoms with Gasteiger partial charge in [0.25, 0.3) is 5.91 Å². The molecule has 0 fully saturated rings. The summed E-state index contributed by atoms with van der Waals surface area (Å²) in [5.74, 6) is -0.364. The number of carbonyl (C=O) groups is 2. The number of aromatic nitrogens is 2. The maximum absolute atomic E-state index is 12.9. The minimum Gasteiger partial charge on any atom is -0.443 e. The Morgan fingerprint density at radius 2 is 2.04 bits per heavy atom. The highest BCUT2D eigenvalue weighted by atomic mass is 16.6. The first-order valence-corrected chi connectivity index (χ1v) is 8.15. The van der Waals surface area contributed by atoms with Crippen LogP contribution >= 0.6 is 0 Å². The van der Waals surface area contributed by atoms with Crippen LogP contribution in [0.5, 0.6) is 0 Å². The van der Waals surface area contributed by atoms with Gasteiger partial charge in [-0.3, -0.25) is 14.4 Å². The number of nitrogens with zero attached hydrogens (tertiary/aromatic N) is 4. The van der Waals surface area contributed by atoms with Crippen molar-refractivity contribution in [1.82, 2.24) is 19.6 Å². The van der Waals surface area contributed by atoms with Crippen LogP contribution in [0, 0.1) is 0 Å². The molecule has 0 spiro atoms. The fraction of sp³-hybridized carbons (Fsp3) is 0.688. The lowest BCUT2D eigenvalue weighted by atomic mass is 10.0. The van der Waals surface area contributed by atoms with Crippen LogP contribution in [0.25, 0.3) is 0 Å². The minimum absolute atomic E-state index is 0.260. The Morgan fingerprint density at radius 3 is 2.71 bits per heavy atom. The summed E-state index contributed by atoms with van der Waals surface area (Å²) in [5.41, 5.74) is 1.27. The van der Waals surface area contributed by atoms with Gasteiger partial charge in [0, 0.05) is 26.1 Å². The van der Waals surface area contributed by atoms with E-state index in [1.54, 1.807) is 25.5 Å². The number of ether oxygens (including phenoxy) is 1. The Morgan fingerprint density at radius 1 is 1.33 bits per heavy atom. The first-order chi connectivity index (χ1) is 11.2. The van der Waals surface area contributed by atoms with Crippen LogP contribution in [0.15, 0.2) is 0 Å². The molecule has 0 radical (unpaired) electrons. The molecule has 2 aliphatic rings. The summed E-state index contributed by atoms with van der Waals surface area (Å²) in [6.07, 6.45) is -0.657. The predicted molar refractivity (Wildman–Crippen MR) is 85.5 cm³/mol. The number of β-amino-alcohol motifs (C(OH)–C–C–N with tert-alkyl or cyclic N) is 1. The Labute approximate surface area is 141 Å². The summed E-state index contributed by atoms with van der Waals surface area (Å²) < 4.78 is 7.04. The number of rotatable bonds is 0. The third kappa shape index (κ3) is 3.16. The quantitative estimate of drug-likeness (QED) is 0.747. The van der Waals surface area contributed by atoms with Crippen LogP contribution < -0.4 is 0 Å². The van der Waals surface area contributed by atoms with Gasteiger partial charge in [-0.05, 0) is 27.8 Å². The first kappa shape index (κ1) is 16.9. The fourth-order valence-corrected chi connectivity index (χ4v) is 3.17. The topological polar surface area (TPSA) is 87.9 Å². The van der Waals surface area contributed by atoms with Crippen LogP contribution in [0.3, 0.4) is 0 Å². The van der Waals surface area contributed by atoms with Crippen LogP contribution in [-0.4, -0.2) is 68.5 Å². The maximum atomic E-state index is 12.9. The number of hydrogen-bond donors (Lipinski definition) is 1. The minimum atomic E-state index is -0.655. The van der Waals surface area contributed by atoms with Crippen molar-refractivity contribution in [2.24, 2.45) is 0 Å². The molecule has 1 N–H and O–H groups in total. The van der Waals surface area contributed by atoms with E-state index in [4.69, 9.17) is 4.74 Å². The monoisotopic (exact) mass is 336 g/mol. The van der Waals surface area contributed by atoms with Gasteiger partial charge in [-0.15, -0.1) is 0 Å². The van der Waals surface area contributed by atoms with E-state index >= 15 is 0 Å². The summed E-state index contributed by atoms with van der Waals surface area (Å²) in [6.45, 7) is 6.95. The zero-order valence-electron chi connectivity index (χ0n) is 14.6. The summed E-state index contributed by atoms with van der Waals surface area (Å²) in [7, 11) is 1.89. The van der Waals surface area contributed by atoms with Crippen molar-refractivity contribution in [3.8, 4) is 0 Å². The van der Waals surface area contributed by atoms with E-state index in [0.717, 1.165) is 10.6 Å². The standard InChI is InChI=1S/C16H24N4O4/c1-16(2,3)24-15(23)19-6-5-11-13(14(19)22)12-9-18(4)7-10(21)8-20(12)17-11/h10,21H,5-9H2,1-4H3/t10-/m1/s1. The predicted octanol–water partition coefficient (Wildman–Crippen LogP) is 0.623. The normalized spacial score (nSPS) is 22.0. The van der Waals surface area contributed by atoms with Crippen molar-refractivity contribution < 1.29 is 19.4 Å². The lowest BCUT2D eigenvalue weighted by Gasteiger charge is -2.28. The van der Waals surface area contributed by atoms with E-state index < -0.39 is 17.8 Å². The van der Waals surface area contributed by atoms with Gasteiger partial charge in [-0.25, -0.2) is 9.69 Å². The number of aliphatic hydroxyl groups is 1. The molecular weight excluding hydrogens is 312 g/mol. The molecule has 1 atom stereocenters. The average molecular weight is 336 g/mol. The van der Waals surface area contributed by atoms with Gasteiger partial charge in [0.1, 0.15) is 5.60 Å². The molecule has 24 heavy (non-hydrogen) atoms. The Hall–Kier alpha value is -1.93. The molecule has 2 amide bonds. The molecule has 1 aromatic heterocycles. The molecule has 1 aromatic rings. The van der Waals surface area contributed by atoms with E-state index in [-0.39, 0.29) is 12.5 Å². The van der Waals surface area contributed by atoms with E-state index in [1.807, 2.05) is 11.9 Å². The molecule has 0 aliphatic carbocycles. The second-order valence-electron chi connectivity index (χ2n) is 7.49. The largest absolute Gasteiger partial charge is 0.443 e. The zero-order valence-corrected chi connectivity index (χ0v) is 14.6. The molecular formula is C16H24N4O4. The number of carbonyl (C=O) groups excluding carboxylic acids is 2. The van der Waals surface area contributed by atoms with Crippen molar-refractivity contribution >= 4 is 12.0 Å². The maximum Gasteiger partial charge on any atom is 0.417 e. The first-order valence-electron chi connectivity index (χ1n) is 8.15. The summed E-state index contributed by atoms with van der Waals surface area (Å²) >= 11 is 0. The fourth-order valence-electron chi connectivity index (χ4n) is 3.17. The molecule has 3 rings (SSSR count). The van der Waals surface area contributed by atoms with Gasteiger partial charge >= 0.3 is 6.09 Å². The van der Waals surface area contributed by atoms with Crippen molar-refractivity contribution in [2.45, 2.75) is 52.0 Å². The zero-order chi connectivity index (χ0) is 17.6. The van der Waals surface area contributed by atoms with Gasteiger partial charge in [0.2, 0.25) is 0 Å². The Kier molecular flexibility index (Phi) is 4.13. The van der Waals surface area contributed by atoms with Gasteiger partial charge in [-0.1, -0.05) is 0 Å². The second-order valence-corrected chi connectivity index (χ2v) is 7.49. The van der Waals surface area contributed by atoms with Gasteiger partial charge in [-0.2, -0.15) is 5.10 Å². The molecule has 132 valence electrons. The molecule has 0 bridgehead atoms. The summed E-state index contributed by atoms with van der Waals surface area (Å²) in [4.78, 5) is 28.3. The van der Waals surface area contributed by atoms with E-state index in [1.165, 1.54) is 0 Å². The Bertz CT molecular complexity index is 676. The molecule has 2 aliphatic heterocycles. The summed E-state index contributed by atoms with van der Waals surface area (Å²) in [6, 6.07) is 0. The summed E-state index contributed by atoms with van der Waals surface area (Å²) in [5, 5.41) is 14.5. The second kappa shape index (κ2) is 5.86. The molecule has 0 saturated heterocycles. The SMILES string of the molecule is CN1Cc2c3c(nn2C[C@H](O)C1)CCN(C(=O)OC(C)(C)C)C3=O. The number of hydrogen-bond acceptors (Lipinski definition) is 6. The molecule has 8 nitrogen and oxygen atoms in total. The molecule has 0 unspecified atom stereocenters. The highest BCUT2D eigenvalue weighted by Gasteiger charge is 2.38. The molecule has 0 aromatic carbocycles. The van der Waals surface area contributed by atoms with Crippen molar-refractivity contribution in [3.63, 3.8) is 0 Å². The highest BCUT2D eigenvalue weighted by Crippen LogP contribution is 2.26. The molecule has 8 heteroatoms. The number of likely N-dealkylation sites (N-methyl/N-ethyl adjacent to an activating group) is 1. The average Bonchev–Trinajstić information content (AvgIpc) is 2.67. The van der Waals surface area contributed by atoms with Gasteiger partial charge in [0.05, 0.1) is 29.6 Å². The van der Waals surface area contributed by atoms with E-state index in [0.29, 0.717) is 37.3 Å². The van der Waals surface area contributed by atoms with Gasteiger partial charge in [0.15, 0.2) is 0 Å². The number of amides is 2. The molecule has 3 heterocycles. The van der Waals surface area contributed by atoms with Crippen LogP contribution in [0.1, 0.15) is 42.5 Å². The van der Waals surface area contributed by atoms with Crippen molar-refractivity contribution in [3.05, 3.63) is 17.0 Å². The van der Waals surface area contributed by atoms with Gasteiger partial charge < -0.3 is 9.84 Å². The lowest BCUT2D eigenvalue weighted by molar-refractivity contribution is 0.0232. The van der Waals surface area contributed by atoms with Crippen LogP contribution in [0.4, 0.5) is 4.79 Å². The smallest absolute Gasteiger partial charge is 0.417 e. The van der Waals surface area contributed by atoms with Crippen LogP contribution in [-0.2, 0) is 24.2 Å². The van der Waals surface area contributed by atoms with E-state index in [9.17, 15) is 14.7 Å².